The van der Waals surface area contributed by atoms with Crippen LogP contribution in [-0.2, 0) is 14.4 Å². The largest absolute Gasteiger partial charge is 0.481 e. The number of carbonyl (C=O) groups excluding carboxylic acids is 2. The van der Waals surface area contributed by atoms with E-state index in [0.29, 0.717) is 12.8 Å². The molecule has 0 saturated heterocycles. The first-order valence-electron chi connectivity index (χ1n) is 8.24. The average Bonchev–Trinajstić information content (AvgIpc) is 2.42. The highest BCUT2D eigenvalue weighted by atomic mass is 16.4. The van der Waals surface area contributed by atoms with E-state index >= 15 is 0 Å². The number of hydrogen-bond donors (Lipinski definition) is 3. The van der Waals surface area contributed by atoms with Crippen LogP contribution in [0.25, 0.3) is 0 Å². The molecule has 2 amide bonds. The maximum Gasteiger partial charge on any atom is 0.310 e. The second-order valence-electron chi connectivity index (χ2n) is 6.86. The summed E-state index contributed by atoms with van der Waals surface area (Å²) in [5.41, 5.74) is 4.41. The van der Waals surface area contributed by atoms with Gasteiger partial charge in [0.25, 0.3) is 0 Å². The van der Waals surface area contributed by atoms with Gasteiger partial charge >= 0.3 is 5.97 Å². The summed E-state index contributed by atoms with van der Waals surface area (Å²) in [6, 6.07) is -0.253. The Bertz CT molecular complexity index is 439. The molecule has 6 nitrogen and oxygen atoms in total. The molecule has 2 saturated carbocycles. The zero-order valence-electron chi connectivity index (χ0n) is 13.0. The van der Waals surface area contributed by atoms with Crippen molar-refractivity contribution in [2.45, 2.75) is 70.3 Å². The van der Waals surface area contributed by atoms with E-state index in [1.165, 1.54) is 6.42 Å². The molecule has 2 rings (SSSR count). The number of aliphatic carboxylic acids is 1. The summed E-state index contributed by atoms with van der Waals surface area (Å²) in [5.74, 6) is -1.31. The van der Waals surface area contributed by atoms with E-state index in [1.54, 1.807) is 0 Å². The molecule has 0 radical (unpaired) electrons. The average molecular weight is 310 g/mol. The summed E-state index contributed by atoms with van der Waals surface area (Å²) in [6.45, 7) is 0. The van der Waals surface area contributed by atoms with Gasteiger partial charge in [0.15, 0.2) is 0 Å². The second kappa shape index (κ2) is 7.11. The van der Waals surface area contributed by atoms with Crippen LogP contribution in [0.15, 0.2) is 0 Å². The highest BCUT2D eigenvalue weighted by molar-refractivity contribution is 5.86. The van der Waals surface area contributed by atoms with Crippen LogP contribution in [-0.4, -0.2) is 28.9 Å². The number of carbonyl (C=O) groups is 3. The quantitative estimate of drug-likeness (QED) is 0.663. The Morgan fingerprint density at radius 1 is 1.14 bits per heavy atom. The van der Waals surface area contributed by atoms with Gasteiger partial charge in [0, 0.05) is 18.9 Å². The summed E-state index contributed by atoms with van der Waals surface area (Å²) in [5, 5.41) is 12.2. The highest BCUT2D eigenvalue weighted by Gasteiger charge is 2.46. The van der Waals surface area contributed by atoms with Crippen molar-refractivity contribution >= 4 is 17.8 Å². The van der Waals surface area contributed by atoms with Crippen molar-refractivity contribution in [1.82, 2.24) is 5.32 Å². The van der Waals surface area contributed by atoms with Crippen molar-refractivity contribution in [2.75, 3.05) is 0 Å². The number of rotatable bonds is 7. The number of nitrogens with two attached hydrogens (primary N) is 1. The van der Waals surface area contributed by atoms with Crippen LogP contribution in [0.2, 0.25) is 0 Å². The highest BCUT2D eigenvalue weighted by Crippen LogP contribution is 2.44. The third-order valence-electron chi connectivity index (χ3n) is 5.25. The van der Waals surface area contributed by atoms with Gasteiger partial charge in [0.2, 0.25) is 11.8 Å². The minimum atomic E-state index is -0.895. The molecule has 124 valence electrons. The number of nitrogens with one attached hydrogen (secondary N) is 1. The fourth-order valence-electron chi connectivity index (χ4n) is 3.72. The molecule has 0 aromatic heterocycles. The first-order chi connectivity index (χ1) is 10.4. The summed E-state index contributed by atoms with van der Waals surface area (Å²) >= 11 is 0. The zero-order chi connectivity index (χ0) is 16.2. The minimum absolute atomic E-state index is 0.00428. The van der Waals surface area contributed by atoms with E-state index in [4.69, 9.17) is 5.73 Å². The van der Waals surface area contributed by atoms with Crippen LogP contribution >= 0.6 is 0 Å². The van der Waals surface area contributed by atoms with E-state index in [-0.39, 0.29) is 30.7 Å². The van der Waals surface area contributed by atoms with E-state index < -0.39 is 17.3 Å². The van der Waals surface area contributed by atoms with E-state index in [9.17, 15) is 19.5 Å². The first kappa shape index (κ1) is 16.8. The van der Waals surface area contributed by atoms with Crippen LogP contribution in [0.5, 0.6) is 0 Å². The Morgan fingerprint density at radius 3 is 2.23 bits per heavy atom. The van der Waals surface area contributed by atoms with E-state index in [1.807, 2.05) is 0 Å². The van der Waals surface area contributed by atoms with Gasteiger partial charge in [-0.15, -0.1) is 0 Å². The normalized spacial score (nSPS) is 22.4. The fraction of sp³-hybridized carbons (Fsp3) is 0.812. The lowest BCUT2D eigenvalue weighted by Gasteiger charge is -2.38. The van der Waals surface area contributed by atoms with Crippen molar-refractivity contribution in [1.29, 1.82) is 0 Å². The molecule has 1 unspecified atom stereocenters. The van der Waals surface area contributed by atoms with Gasteiger partial charge in [-0.05, 0) is 31.6 Å². The Hall–Kier alpha value is -1.59. The molecular formula is C16H26N2O4. The standard InChI is InChI=1S/C16H26N2O4/c17-13(19)9-12(11-5-2-1-3-6-11)18-14(20)10-16(15(21)22)7-4-8-16/h11-12H,1-10H2,(H2,17,19)(H,18,20)(H,21,22). The third-order valence-corrected chi connectivity index (χ3v) is 5.25. The Labute approximate surface area is 130 Å². The van der Waals surface area contributed by atoms with Crippen LogP contribution in [0.3, 0.4) is 0 Å². The van der Waals surface area contributed by atoms with Crippen molar-refractivity contribution in [3.05, 3.63) is 0 Å². The van der Waals surface area contributed by atoms with Crippen LogP contribution in [0, 0.1) is 11.3 Å². The molecule has 2 fully saturated rings. The van der Waals surface area contributed by atoms with Gasteiger partial charge in [0.05, 0.1) is 5.41 Å². The van der Waals surface area contributed by atoms with Crippen molar-refractivity contribution < 1.29 is 19.5 Å². The number of carboxylic acids is 1. The lowest BCUT2D eigenvalue weighted by molar-refractivity contribution is -0.157. The lowest BCUT2D eigenvalue weighted by atomic mass is 9.66. The van der Waals surface area contributed by atoms with Gasteiger partial charge in [-0.25, -0.2) is 0 Å². The maximum absolute atomic E-state index is 12.3. The summed E-state index contributed by atoms with van der Waals surface area (Å²) in [7, 11) is 0. The molecule has 0 aromatic rings. The van der Waals surface area contributed by atoms with E-state index in [0.717, 1.165) is 32.1 Å². The smallest absolute Gasteiger partial charge is 0.310 e. The second-order valence-corrected chi connectivity index (χ2v) is 6.86. The van der Waals surface area contributed by atoms with Crippen LogP contribution < -0.4 is 11.1 Å². The lowest BCUT2D eigenvalue weighted by Crippen LogP contribution is -2.48. The predicted octanol–water partition coefficient (Wildman–Crippen LogP) is 1.57. The fourth-order valence-corrected chi connectivity index (χ4v) is 3.72. The number of primary amides is 1. The third kappa shape index (κ3) is 3.99. The van der Waals surface area contributed by atoms with Crippen molar-refractivity contribution in [2.24, 2.45) is 17.1 Å². The number of carboxylic acid groups (broad SMARTS) is 1. The maximum atomic E-state index is 12.3. The molecule has 0 spiro atoms. The van der Waals surface area contributed by atoms with Gasteiger partial charge in [-0.2, -0.15) is 0 Å². The number of hydrogen-bond acceptors (Lipinski definition) is 3. The molecule has 2 aliphatic rings. The van der Waals surface area contributed by atoms with Gasteiger partial charge < -0.3 is 16.2 Å². The first-order valence-corrected chi connectivity index (χ1v) is 8.24. The minimum Gasteiger partial charge on any atom is -0.481 e. The summed E-state index contributed by atoms with van der Waals surface area (Å²) in [6.07, 6.45) is 7.48. The molecule has 2 aliphatic carbocycles. The van der Waals surface area contributed by atoms with Crippen LogP contribution in [0.4, 0.5) is 0 Å². The molecular weight excluding hydrogens is 284 g/mol. The molecule has 0 bridgehead atoms. The van der Waals surface area contributed by atoms with Crippen LogP contribution in [0.1, 0.15) is 64.2 Å². The number of amides is 2. The molecule has 1 atom stereocenters. The Kier molecular flexibility index (Phi) is 5.42. The summed E-state index contributed by atoms with van der Waals surface area (Å²) in [4.78, 5) is 34.9. The Balaban J connectivity index is 1.95. The van der Waals surface area contributed by atoms with Gasteiger partial charge in [-0.3, -0.25) is 14.4 Å². The van der Waals surface area contributed by atoms with E-state index in [2.05, 4.69) is 5.32 Å². The zero-order valence-corrected chi connectivity index (χ0v) is 13.0. The molecule has 6 heteroatoms. The molecule has 0 aliphatic heterocycles. The van der Waals surface area contributed by atoms with Crippen molar-refractivity contribution in [3.63, 3.8) is 0 Å². The molecule has 0 aromatic carbocycles. The molecule has 0 heterocycles. The monoisotopic (exact) mass is 310 g/mol. The summed E-state index contributed by atoms with van der Waals surface area (Å²) < 4.78 is 0. The van der Waals surface area contributed by atoms with Crippen molar-refractivity contribution in [3.8, 4) is 0 Å². The van der Waals surface area contributed by atoms with Gasteiger partial charge in [-0.1, -0.05) is 25.7 Å². The topological polar surface area (TPSA) is 109 Å². The molecule has 4 N–H and O–H groups in total. The predicted molar refractivity (Wildman–Crippen MR) is 80.9 cm³/mol. The molecule has 22 heavy (non-hydrogen) atoms. The van der Waals surface area contributed by atoms with Gasteiger partial charge in [0.1, 0.15) is 0 Å². The Morgan fingerprint density at radius 2 is 1.77 bits per heavy atom. The SMILES string of the molecule is NC(=O)CC(NC(=O)CC1(C(=O)O)CCC1)C1CCCCC1.